The third-order valence-electron chi connectivity index (χ3n) is 7.28. The summed E-state index contributed by atoms with van der Waals surface area (Å²) in [5, 5.41) is 14.1. The van der Waals surface area contributed by atoms with E-state index in [0.29, 0.717) is 17.2 Å². The second-order valence-electron chi connectivity index (χ2n) is 9.15. The maximum Gasteiger partial charge on any atom is 0.310 e. The first-order chi connectivity index (χ1) is 17.5. The molecular weight excluding hydrogens is 500 g/mol. The number of rotatable bonds is 5. The number of hydrogen-bond acceptors (Lipinski definition) is 9. The number of esters is 1. The van der Waals surface area contributed by atoms with Crippen molar-refractivity contribution in [2.45, 2.75) is 12.0 Å². The smallest absolute Gasteiger partial charge is 0.310 e. The van der Waals surface area contributed by atoms with Crippen LogP contribution in [0, 0.1) is 11.8 Å². The molecule has 10 heteroatoms. The molecule has 2 heterocycles. The molecule has 0 aromatic heterocycles. The van der Waals surface area contributed by atoms with Gasteiger partial charge in [-0.3, -0.25) is 4.79 Å². The van der Waals surface area contributed by atoms with Gasteiger partial charge in [0, 0.05) is 23.2 Å². The van der Waals surface area contributed by atoms with Gasteiger partial charge in [-0.1, -0.05) is 0 Å². The minimum Gasteiger partial charge on any atom is -0.502 e. The topological polar surface area (TPSA) is 122 Å². The highest BCUT2D eigenvalue weighted by atomic mass is 35.5. The summed E-state index contributed by atoms with van der Waals surface area (Å²) in [5.41, 5.74) is 10.1. The van der Waals surface area contributed by atoms with Crippen LogP contribution in [-0.4, -0.2) is 38.7 Å². The van der Waals surface area contributed by atoms with E-state index in [2.05, 4.69) is 5.32 Å². The monoisotopic (exact) mass is 526 g/mol. The normalized spacial score (nSPS) is 22.8. The summed E-state index contributed by atoms with van der Waals surface area (Å²) in [6, 6.07) is 14.7. The van der Waals surface area contributed by atoms with Gasteiger partial charge >= 0.3 is 5.97 Å². The van der Waals surface area contributed by atoms with Gasteiger partial charge in [0.05, 0.1) is 32.8 Å². The molecule has 0 unspecified atom stereocenters. The van der Waals surface area contributed by atoms with Crippen molar-refractivity contribution >= 4 is 29.8 Å². The highest BCUT2D eigenvalue weighted by Crippen LogP contribution is 2.56. The molecule has 0 bridgehead atoms. The quantitative estimate of drug-likeness (QED) is 0.331. The number of nitrogens with two attached hydrogens (primary N) is 1. The molecule has 194 valence electrons. The van der Waals surface area contributed by atoms with E-state index in [-0.39, 0.29) is 66.9 Å². The molecule has 0 saturated carbocycles. The number of phenols is 1. The summed E-state index contributed by atoms with van der Waals surface area (Å²) < 4.78 is 27.9. The number of hydrogen-bond donors (Lipinski definition) is 3. The fraction of sp³-hybridized carbons (Fsp3) is 0.296. The number of benzene rings is 3. The number of cyclic esters (lactones) is 1. The molecule has 1 aliphatic carbocycles. The van der Waals surface area contributed by atoms with Crippen molar-refractivity contribution in [1.29, 1.82) is 0 Å². The van der Waals surface area contributed by atoms with Crippen LogP contribution in [0.1, 0.15) is 28.7 Å². The minimum atomic E-state index is -0.483. The van der Waals surface area contributed by atoms with E-state index in [4.69, 9.17) is 29.4 Å². The van der Waals surface area contributed by atoms with Crippen molar-refractivity contribution in [3.05, 3.63) is 65.2 Å². The van der Waals surface area contributed by atoms with Crippen LogP contribution in [0.5, 0.6) is 28.7 Å². The lowest BCUT2D eigenvalue weighted by molar-refractivity contribution is -0.141. The summed E-state index contributed by atoms with van der Waals surface area (Å²) in [6.07, 6.45) is 0. The first-order valence-corrected chi connectivity index (χ1v) is 11.7. The van der Waals surface area contributed by atoms with Gasteiger partial charge in [-0.15, -0.1) is 12.4 Å². The molecule has 3 aromatic carbocycles. The Bertz CT molecular complexity index is 1320. The van der Waals surface area contributed by atoms with Gasteiger partial charge in [0.15, 0.2) is 23.0 Å². The average molecular weight is 527 g/mol. The van der Waals surface area contributed by atoms with Gasteiger partial charge in [-0.05, 0) is 65.2 Å². The fourth-order valence-corrected chi connectivity index (χ4v) is 5.60. The van der Waals surface area contributed by atoms with Crippen molar-refractivity contribution in [2.24, 2.45) is 11.8 Å². The number of anilines is 2. The maximum absolute atomic E-state index is 13.2. The number of methoxy groups -OCH3 is 2. The van der Waals surface area contributed by atoms with E-state index in [0.717, 1.165) is 22.4 Å². The fourth-order valence-electron chi connectivity index (χ4n) is 5.60. The molecule has 4 atom stereocenters. The van der Waals surface area contributed by atoms with E-state index in [1.165, 1.54) is 14.2 Å². The lowest BCUT2D eigenvalue weighted by atomic mass is 9.65. The van der Waals surface area contributed by atoms with Crippen molar-refractivity contribution < 1.29 is 33.6 Å². The number of aromatic hydroxyl groups is 1. The van der Waals surface area contributed by atoms with E-state index >= 15 is 0 Å². The number of nitrogens with one attached hydrogen (secondary N) is 1. The van der Waals surface area contributed by atoms with Crippen LogP contribution >= 0.6 is 12.4 Å². The van der Waals surface area contributed by atoms with Crippen molar-refractivity contribution in [3.63, 3.8) is 0 Å². The lowest BCUT2D eigenvalue weighted by Crippen LogP contribution is -2.37. The molecule has 3 aliphatic rings. The number of phenolic OH excluding ortho intramolecular Hbond substituents is 1. The largest absolute Gasteiger partial charge is 0.502 e. The molecule has 6 rings (SSSR count). The molecule has 1 saturated heterocycles. The summed E-state index contributed by atoms with van der Waals surface area (Å²) in [6.45, 7) is 0.404. The minimum absolute atomic E-state index is 0. The molecule has 1 fully saturated rings. The highest BCUT2D eigenvalue weighted by molar-refractivity contribution is 5.85. The van der Waals surface area contributed by atoms with Crippen LogP contribution in [0.25, 0.3) is 0 Å². The number of nitrogen functional groups attached to an aromatic ring is 1. The lowest BCUT2D eigenvalue weighted by Gasteiger charge is -2.40. The van der Waals surface area contributed by atoms with Gasteiger partial charge < -0.3 is 39.8 Å². The summed E-state index contributed by atoms with van der Waals surface area (Å²) in [5.74, 6) is 0.383. The Labute approximate surface area is 219 Å². The van der Waals surface area contributed by atoms with Crippen LogP contribution in [0.4, 0.5) is 11.4 Å². The molecule has 37 heavy (non-hydrogen) atoms. The van der Waals surface area contributed by atoms with Crippen LogP contribution in [0.3, 0.4) is 0 Å². The third kappa shape index (κ3) is 3.99. The maximum atomic E-state index is 13.2. The summed E-state index contributed by atoms with van der Waals surface area (Å²) >= 11 is 0. The van der Waals surface area contributed by atoms with Crippen molar-refractivity contribution in [1.82, 2.24) is 0 Å². The zero-order chi connectivity index (χ0) is 25.0. The number of halogens is 1. The highest BCUT2D eigenvalue weighted by Gasteiger charge is 2.52. The van der Waals surface area contributed by atoms with Crippen LogP contribution in [0.2, 0.25) is 0 Å². The predicted molar refractivity (Wildman–Crippen MR) is 138 cm³/mol. The molecule has 4 N–H and O–H groups in total. The SMILES string of the molecule is COc1cc([C@@H]2c3cc4c(cc3[C@@H](Nc3ccc(N)cc3)[C@H]3COC(=O)[C@H]23)OCO4)cc(OC)c1O.Cl. The predicted octanol–water partition coefficient (Wildman–Crippen LogP) is 4.23. The molecule has 0 radical (unpaired) electrons. The molecule has 3 aromatic rings. The second-order valence-corrected chi connectivity index (χ2v) is 9.15. The average Bonchev–Trinajstić information content (AvgIpc) is 3.51. The van der Waals surface area contributed by atoms with Crippen LogP contribution < -0.4 is 30.0 Å². The van der Waals surface area contributed by atoms with Crippen molar-refractivity contribution in [3.8, 4) is 28.7 Å². The van der Waals surface area contributed by atoms with E-state index in [1.54, 1.807) is 12.1 Å². The number of carbonyl (C=O) groups is 1. The van der Waals surface area contributed by atoms with E-state index < -0.39 is 5.92 Å². The number of fused-ring (bicyclic) bond motifs is 3. The Morgan fingerprint density at radius 3 is 2.19 bits per heavy atom. The number of ether oxygens (including phenoxy) is 5. The van der Waals surface area contributed by atoms with E-state index in [9.17, 15) is 9.90 Å². The van der Waals surface area contributed by atoms with Crippen LogP contribution in [-0.2, 0) is 9.53 Å². The van der Waals surface area contributed by atoms with Crippen molar-refractivity contribution in [2.75, 3.05) is 38.7 Å². The molecule has 9 nitrogen and oxygen atoms in total. The van der Waals surface area contributed by atoms with Crippen LogP contribution in [0.15, 0.2) is 48.5 Å². The van der Waals surface area contributed by atoms with Gasteiger partial charge in [0.25, 0.3) is 0 Å². The second kappa shape index (κ2) is 9.48. The third-order valence-corrected chi connectivity index (χ3v) is 7.28. The molecule has 0 spiro atoms. The summed E-state index contributed by atoms with van der Waals surface area (Å²) in [4.78, 5) is 13.2. The first-order valence-electron chi connectivity index (χ1n) is 11.7. The zero-order valence-corrected chi connectivity index (χ0v) is 21.0. The Kier molecular flexibility index (Phi) is 6.33. The van der Waals surface area contributed by atoms with Gasteiger partial charge in [-0.25, -0.2) is 0 Å². The Hall–Kier alpha value is -3.98. The van der Waals surface area contributed by atoms with Gasteiger partial charge in [0.1, 0.15) is 0 Å². The number of carbonyl (C=O) groups excluding carboxylic acids is 1. The Balaban J connectivity index is 0.00000280. The standard InChI is InChI=1S/C27H26N2O7.ClH/c1-32-21-7-13(8-22(33-2)26(21)30)23-16-9-19-20(36-12-35-19)10-17(16)25(18-11-34-27(31)24(18)23)29-15-5-3-14(28)4-6-15;/h3-10,18,23-25,29-30H,11-12,28H2,1-2H3;1H/t18-,23+,24-,25+;/m0./s1. The van der Waals surface area contributed by atoms with Gasteiger partial charge in [0.2, 0.25) is 12.5 Å². The van der Waals surface area contributed by atoms with Gasteiger partial charge in [-0.2, -0.15) is 0 Å². The summed E-state index contributed by atoms with van der Waals surface area (Å²) in [7, 11) is 2.95. The first kappa shape index (κ1) is 24.7. The Morgan fingerprint density at radius 1 is 0.946 bits per heavy atom. The Morgan fingerprint density at radius 2 is 1.57 bits per heavy atom. The molecular formula is C27H27ClN2O7. The molecule has 0 amide bonds. The van der Waals surface area contributed by atoms with E-state index in [1.807, 2.05) is 36.4 Å². The zero-order valence-electron chi connectivity index (χ0n) is 20.2. The molecule has 2 aliphatic heterocycles.